The summed E-state index contributed by atoms with van der Waals surface area (Å²) in [6, 6.07) is 6.64. The third-order valence-electron chi connectivity index (χ3n) is 3.80. The molecule has 112 valence electrons. The minimum Gasteiger partial charge on any atom is -0.295 e. The molecule has 1 atom stereocenters. The summed E-state index contributed by atoms with van der Waals surface area (Å²) in [6.45, 7) is 3.61. The monoisotopic (exact) mass is 299 g/mol. The van der Waals surface area contributed by atoms with E-state index in [-0.39, 0.29) is 23.4 Å². The summed E-state index contributed by atoms with van der Waals surface area (Å²) >= 11 is 0. The Morgan fingerprint density at radius 2 is 2.20 bits per heavy atom. The van der Waals surface area contributed by atoms with E-state index in [4.69, 9.17) is 0 Å². The Kier molecular flexibility index (Phi) is 5.16. The lowest BCUT2D eigenvalue weighted by atomic mass is 10.1. The summed E-state index contributed by atoms with van der Waals surface area (Å²) in [5.41, 5.74) is 0.908. The Morgan fingerprint density at radius 3 is 2.80 bits per heavy atom. The number of benzene rings is 1. The quantitative estimate of drug-likeness (QED) is 0.810. The first-order valence-corrected chi connectivity index (χ1v) is 9.01. The normalized spacial score (nSPS) is 21.4. The van der Waals surface area contributed by atoms with Crippen LogP contribution < -0.4 is 0 Å². The lowest BCUT2D eigenvalue weighted by Gasteiger charge is -2.28. The molecule has 1 aromatic carbocycles. The topological polar surface area (TPSA) is 37.4 Å². The van der Waals surface area contributed by atoms with Gasteiger partial charge in [-0.15, -0.1) is 0 Å². The average Bonchev–Trinajstić information content (AvgIpc) is 2.75. The lowest BCUT2D eigenvalue weighted by molar-refractivity contribution is 0.200. The Labute approximate surface area is 120 Å². The molecule has 1 heterocycles. The third kappa shape index (κ3) is 4.28. The van der Waals surface area contributed by atoms with E-state index >= 15 is 0 Å². The van der Waals surface area contributed by atoms with Gasteiger partial charge in [-0.25, -0.2) is 12.8 Å². The number of sulfone groups is 1. The number of rotatable bonds is 6. The fourth-order valence-corrected chi connectivity index (χ4v) is 4.45. The molecule has 0 amide bonds. The second kappa shape index (κ2) is 6.68. The van der Waals surface area contributed by atoms with Crippen molar-refractivity contribution in [2.24, 2.45) is 0 Å². The maximum atomic E-state index is 13.3. The highest BCUT2D eigenvalue weighted by atomic mass is 32.2. The van der Waals surface area contributed by atoms with Crippen molar-refractivity contribution in [3.8, 4) is 0 Å². The van der Waals surface area contributed by atoms with Gasteiger partial charge < -0.3 is 0 Å². The van der Waals surface area contributed by atoms with Crippen LogP contribution in [-0.4, -0.2) is 37.4 Å². The number of unbranched alkanes of at least 4 members (excludes halogenated alkanes) is 1. The fourth-order valence-electron chi connectivity index (χ4n) is 2.69. The van der Waals surface area contributed by atoms with Crippen LogP contribution in [0.4, 0.5) is 4.39 Å². The number of hydrogen-bond donors (Lipinski definition) is 0. The smallest absolute Gasteiger partial charge is 0.151 e. The molecule has 3 nitrogen and oxygen atoms in total. The van der Waals surface area contributed by atoms with Gasteiger partial charge in [-0.05, 0) is 37.1 Å². The largest absolute Gasteiger partial charge is 0.295 e. The minimum atomic E-state index is -2.88. The number of hydrogen-bond acceptors (Lipinski definition) is 3. The second-order valence-corrected chi connectivity index (χ2v) is 7.74. The standard InChI is InChI=1S/C15H22FNO2S/c1-2-3-8-17(15-7-9-20(18,19)12-15)11-13-5-4-6-14(16)10-13/h4-6,10,15H,2-3,7-9,11-12H2,1H3/t15-/m0/s1. The van der Waals surface area contributed by atoms with E-state index in [0.29, 0.717) is 13.0 Å². The van der Waals surface area contributed by atoms with Crippen molar-refractivity contribution in [1.29, 1.82) is 0 Å². The maximum absolute atomic E-state index is 13.3. The summed E-state index contributed by atoms with van der Waals surface area (Å²) in [4.78, 5) is 2.20. The van der Waals surface area contributed by atoms with E-state index in [9.17, 15) is 12.8 Å². The molecular weight excluding hydrogens is 277 g/mol. The molecule has 0 radical (unpaired) electrons. The Balaban J connectivity index is 2.07. The van der Waals surface area contributed by atoms with Crippen molar-refractivity contribution in [3.05, 3.63) is 35.6 Å². The Morgan fingerprint density at radius 1 is 1.40 bits per heavy atom. The van der Waals surface area contributed by atoms with Gasteiger partial charge in [-0.2, -0.15) is 0 Å². The molecule has 0 aromatic heterocycles. The molecule has 0 bridgehead atoms. The predicted octanol–water partition coefficient (Wildman–Crippen LogP) is 2.61. The predicted molar refractivity (Wildman–Crippen MR) is 78.8 cm³/mol. The van der Waals surface area contributed by atoms with Gasteiger partial charge in [-0.3, -0.25) is 4.90 Å². The highest BCUT2D eigenvalue weighted by molar-refractivity contribution is 7.91. The highest BCUT2D eigenvalue weighted by Gasteiger charge is 2.31. The first-order valence-electron chi connectivity index (χ1n) is 7.19. The van der Waals surface area contributed by atoms with Gasteiger partial charge in [0.1, 0.15) is 5.82 Å². The molecule has 0 aliphatic carbocycles. The third-order valence-corrected chi connectivity index (χ3v) is 5.55. The van der Waals surface area contributed by atoms with Crippen molar-refractivity contribution >= 4 is 9.84 Å². The van der Waals surface area contributed by atoms with Gasteiger partial charge >= 0.3 is 0 Å². The zero-order valence-corrected chi connectivity index (χ0v) is 12.7. The molecule has 0 N–H and O–H groups in total. The fraction of sp³-hybridized carbons (Fsp3) is 0.600. The first kappa shape index (κ1) is 15.4. The van der Waals surface area contributed by atoms with Gasteiger partial charge in [0.2, 0.25) is 0 Å². The zero-order valence-electron chi connectivity index (χ0n) is 11.9. The average molecular weight is 299 g/mol. The van der Waals surface area contributed by atoms with Crippen LogP contribution in [0.3, 0.4) is 0 Å². The molecule has 1 fully saturated rings. The van der Waals surface area contributed by atoms with Crippen LogP contribution in [0, 0.1) is 5.82 Å². The van der Waals surface area contributed by atoms with Crippen molar-refractivity contribution in [3.63, 3.8) is 0 Å². The van der Waals surface area contributed by atoms with E-state index in [0.717, 1.165) is 24.9 Å². The summed E-state index contributed by atoms with van der Waals surface area (Å²) in [5.74, 6) is 0.284. The summed E-state index contributed by atoms with van der Waals surface area (Å²) in [5, 5.41) is 0. The van der Waals surface area contributed by atoms with Crippen molar-refractivity contribution < 1.29 is 12.8 Å². The number of halogens is 1. The maximum Gasteiger partial charge on any atom is 0.151 e. The molecule has 1 saturated heterocycles. The van der Waals surface area contributed by atoms with Crippen LogP contribution in [0.5, 0.6) is 0 Å². The summed E-state index contributed by atoms with van der Waals surface area (Å²) in [6.07, 6.45) is 2.80. The molecule has 1 aliphatic heterocycles. The van der Waals surface area contributed by atoms with Crippen molar-refractivity contribution in [2.75, 3.05) is 18.1 Å². The van der Waals surface area contributed by atoms with E-state index in [1.807, 2.05) is 6.07 Å². The first-order chi connectivity index (χ1) is 9.50. The molecule has 5 heteroatoms. The van der Waals surface area contributed by atoms with E-state index in [1.165, 1.54) is 12.1 Å². The van der Waals surface area contributed by atoms with Crippen LogP contribution >= 0.6 is 0 Å². The van der Waals surface area contributed by atoms with Crippen LogP contribution in [0.2, 0.25) is 0 Å². The van der Waals surface area contributed by atoms with Gasteiger partial charge in [0.25, 0.3) is 0 Å². The Bertz CT molecular complexity index is 545. The van der Waals surface area contributed by atoms with E-state index in [2.05, 4.69) is 11.8 Å². The van der Waals surface area contributed by atoms with E-state index < -0.39 is 9.84 Å². The van der Waals surface area contributed by atoms with Gasteiger partial charge in [0.05, 0.1) is 11.5 Å². The zero-order chi connectivity index (χ0) is 14.6. The van der Waals surface area contributed by atoms with E-state index in [1.54, 1.807) is 6.07 Å². The molecule has 0 unspecified atom stereocenters. The Hall–Kier alpha value is -0.940. The van der Waals surface area contributed by atoms with Gasteiger partial charge in [0, 0.05) is 12.6 Å². The summed E-state index contributed by atoms with van der Waals surface area (Å²) < 4.78 is 36.5. The van der Waals surface area contributed by atoms with Crippen molar-refractivity contribution in [2.45, 2.75) is 38.8 Å². The van der Waals surface area contributed by atoms with Crippen LogP contribution in [-0.2, 0) is 16.4 Å². The van der Waals surface area contributed by atoms with Crippen molar-refractivity contribution in [1.82, 2.24) is 4.90 Å². The minimum absolute atomic E-state index is 0.0785. The molecule has 0 saturated carbocycles. The van der Waals surface area contributed by atoms with Crippen LogP contribution in [0.1, 0.15) is 31.7 Å². The van der Waals surface area contributed by atoms with Crippen LogP contribution in [0.15, 0.2) is 24.3 Å². The SMILES string of the molecule is CCCCN(Cc1cccc(F)c1)[C@H]1CCS(=O)(=O)C1. The molecule has 1 aromatic rings. The van der Waals surface area contributed by atoms with Crippen LogP contribution in [0.25, 0.3) is 0 Å². The lowest BCUT2D eigenvalue weighted by Crippen LogP contribution is -2.36. The molecule has 2 rings (SSSR count). The molecule has 0 spiro atoms. The molecular formula is C15H22FNO2S. The van der Waals surface area contributed by atoms with Gasteiger partial charge in [0.15, 0.2) is 9.84 Å². The summed E-state index contributed by atoms with van der Waals surface area (Å²) in [7, 11) is -2.88. The highest BCUT2D eigenvalue weighted by Crippen LogP contribution is 2.20. The second-order valence-electron chi connectivity index (χ2n) is 5.51. The molecule has 1 aliphatic rings. The molecule has 20 heavy (non-hydrogen) atoms. The van der Waals surface area contributed by atoms with Gasteiger partial charge in [-0.1, -0.05) is 25.5 Å². The number of nitrogens with zero attached hydrogens (tertiary/aromatic N) is 1.